The number of para-hydroxylation sites is 1. The Morgan fingerprint density at radius 3 is 2.61 bits per heavy atom. The largest absolute Gasteiger partial charge is 0.388 e. The lowest BCUT2D eigenvalue weighted by molar-refractivity contribution is 0.170. The van der Waals surface area contributed by atoms with Crippen LogP contribution in [0.4, 0.5) is 0 Å². The highest BCUT2D eigenvalue weighted by atomic mass is 16.3. The summed E-state index contributed by atoms with van der Waals surface area (Å²) in [6, 6.07) is 18.2. The van der Waals surface area contributed by atoms with Crippen LogP contribution in [0.2, 0.25) is 0 Å². The Bertz CT molecular complexity index is 901. The molecular weight excluding hydrogens is 348 g/mol. The first kappa shape index (κ1) is 20.0. The van der Waals surface area contributed by atoms with Crippen LogP contribution in [-0.4, -0.2) is 35.7 Å². The zero-order chi connectivity index (χ0) is 19.8. The van der Waals surface area contributed by atoms with Crippen LogP contribution in [0.5, 0.6) is 0 Å². The molecule has 0 saturated heterocycles. The number of aliphatic hydroxyl groups excluding tert-OH is 1. The molecule has 5 heteroatoms. The van der Waals surface area contributed by atoms with Gasteiger partial charge >= 0.3 is 0 Å². The number of rotatable bonds is 8. The normalized spacial score (nSPS) is 12.9. The van der Waals surface area contributed by atoms with E-state index in [9.17, 15) is 5.11 Å². The fourth-order valence-electron chi connectivity index (χ4n) is 3.45. The summed E-state index contributed by atoms with van der Waals surface area (Å²) in [6.45, 7) is 6.35. The van der Waals surface area contributed by atoms with E-state index in [1.54, 1.807) is 0 Å². The van der Waals surface area contributed by atoms with Gasteiger partial charge < -0.3 is 20.7 Å². The molecule has 3 rings (SSSR count). The van der Waals surface area contributed by atoms with Gasteiger partial charge in [0.15, 0.2) is 5.96 Å². The van der Waals surface area contributed by atoms with Crippen molar-refractivity contribution in [2.45, 2.75) is 32.8 Å². The molecule has 4 N–H and O–H groups in total. The van der Waals surface area contributed by atoms with E-state index in [1.165, 1.54) is 22.2 Å². The van der Waals surface area contributed by atoms with Gasteiger partial charge in [0.1, 0.15) is 0 Å². The second-order valence-corrected chi connectivity index (χ2v) is 6.93. The molecule has 0 spiro atoms. The van der Waals surface area contributed by atoms with Crippen molar-refractivity contribution >= 4 is 16.9 Å². The monoisotopic (exact) mass is 378 g/mol. The van der Waals surface area contributed by atoms with Crippen LogP contribution < -0.4 is 10.6 Å². The quantitative estimate of drug-likeness (QED) is 0.357. The molecule has 0 saturated carbocycles. The first-order valence-electron chi connectivity index (χ1n) is 10.0. The van der Waals surface area contributed by atoms with Gasteiger partial charge in [-0.3, -0.25) is 4.99 Å². The maximum atomic E-state index is 10.3. The summed E-state index contributed by atoms with van der Waals surface area (Å²) in [4.78, 5) is 8.06. The van der Waals surface area contributed by atoms with Gasteiger partial charge in [-0.1, -0.05) is 48.5 Å². The number of H-pyrrole nitrogens is 1. The van der Waals surface area contributed by atoms with E-state index in [2.05, 4.69) is 58.7 Å². The van der Waals surface area contributed by atoms with Crippen LogP contribution in [-0.2, 0) is 6.42 Å². The summed E-state index contributed by atoms with van der Waals surface area (Å²) in [5.74, 6) is 0.792. The standard InChI is InChI=1S/C23H30N4O/c1-3-24-23(26-16-14-22(28)18-9-5-4-6-10-18)25-15-13-19-17(2)27-21-12-8-7-11-20(19)21/h4-12,22,27-28H,3,13-16H2,1-2H3,(H2,24,25,26). The summed E-state index contributed by atoms with van der Waals surface area (Å²) in [7, 11) is 0. The number of aryl methyl sites for hydroxylation is 1. The lowest BCUT2D eigenvalue weighted by Crippen LogP contribution is -2.38. The molecule has 1 aromatic heterocycles. The van der Waals surface area contributed by atoms with Crippen molar-refractivity contribution < 1.29 is 5.11 Å². The third-order valence-corrected chi connectivity index (χ3v) is 4.90. The number of aliphatic hydroxyl groups is 1. The van der Waals surface area contributed by atoms with Crippen LogP contribution in [0.1, 0.15) is 36.3 Å². The fourth-order valence-corrected chi connectivity index (χ4v) is 3.45. The number of hydrogen-bond donors (Lipinski definition) is 4. The Hall–Kier alpha value is -2.79. The molecule has 1 heterocycles. The van der Waals surface area contributed by atoms with Gasteiger partial charge in [0.2, 0.25) is 0 Å². The van der Waals surface area contributed by atoms with Gasteiger partial charge in [-0.25, -0.2) is 0 Å². The number of guanidine groups is 1. The van der Waals surface area contributed by atoms with Crippen molar-refractivity contribution in [2.75, 3.05) is 19.6 Å². The number of nitrogens with zero attached hydrogens (tertiary/aromatic N) is 1. The molecule has 0 amide bonds. The maximum absolute atomic E-state index is 10.3. The van der Waals surface area contributed by atoms with Crippen molar-refractivity contribution in [1.29, 1.82) is 0 Å². The molecule has 148 valence electrons. The van der Waals surface area contributed by atoms with Crippen molar-refractivity contribution in [1.82, 2.24) is 15.6 Å². The molecule has 0 fully saturated rings. The van der Waals surface area contributed by atoms with E-state index in [-0.39, 0.29) is 0 Å². The number of hydrogen-bond acceptors (Lipinski definition) is 2. The molecule has 0 radical (unpaired) electrons. The van der Waals surface area contributed by atoms with Gasteiger partial charge in [-0.05, 0) is 43.9 Å². The summed E-state index contributed by atoms with van der Waals surface area (Å²) in [6.07, 6.45) is 1.04. The highest BCUT2D eigenvalue weighted by Crippen LogP contribution is 2.22. The van der Waals surface area contributed by atoms with Crippen LogP contribution in [0.15, 0.2) is 59.6 Å². The Balaban J connectivity index is 1.54. The molecule has 28 heavy (non-hydrogen) atoms. The summed E-state index contributed by atoms with van der Waals surface area (Å²) < 4.78 is 0. The molecule has 3 aromatic rings. The van der Waals surface area contributed by atoms with E-state index in [4.69, 9.17) is 0 Å². The van der Waals surface area contributed by atoms with E-state index in [0.717, 1.165) is 31.0 Å². The minimum absolute atomic E-state index is 0.485. The SMILES string of the molecule is CCNC(=NCCC(O)c1ccccc1)NCCc1c(C)[nH]c2ccccc12. The second-order valence-electron chi connectivity index (χ2n) is 6.93. The van der Waals surface area contributed by atoms with Crippen molar-refractivity contribution in [3.8, 4) is 0 Å². The van der Waals surface area contributed by atoms with E-state index in [0.29, 0.717) is 13.0 Å². The predicted octanol–water partition coefficient (Wildman–Crippen LogP) is 3.70. The van der Waals surface area contributed by atoms with Crippen molar-refractivity contribution in [2.24, 2.45) is 4.99 Å². The minimum atomic E-state index is -0.485. The molecular formula is C23H30N4O. The Labute approximate surface area is 166 Å². The predicted molar refractivity (Wildman–Crippen MR) is 117 cm³/mol. The smallest absolute Gasteiger partial charge is 0.191 e. The molecule has 0 aliphatic carbocycles. The lowest BCUT2D eigenvalue weighted by atomic mass is 10.1. The summed E-state index contributed by atoms with van der Waals surface area (Å²) in [5, 5.41) is 18.3. The van der Waals surface area contributed by atoms with Crippen molar-refractivity contribution in [3.63, 3.8) is 0 Å². The van der Waals surface area contributed by atoms with Crippen LogP contribution in [0.3, 0.4) is 0 Å². The zero-order valence-corrected chi connectivity index (χ0v) is 16.7. The van der Waals surface area contributed by atoms with E-state index < -0.39 is 6.10 Å². The average Bonchev–Trinajstić information content (AvgIpc) is 3.04. The van der Waals surface area contributed by atoms with E-state index in [1.807, 2.05) is 30.3 Å². The molecule has 0 aliphatic rings. The minimum Gasteiger partial charge on any atom is -0.388 e. The lowest BCUT2D eigenvalue weighted by Gasteiger charge is -2.13. The molecule has 5 nitrogen and oxygen atoms in total. The highest BCUT2D eigenvalue weighted by molar-refractivity contribution is 5.84. The topological polar surface area (TPSA) is 72.4 Å². The Kier molecular flexibility index (Phi) is 7.09. The highest BCUT2D eigenvalue weighted by Gasteiger charge is 2.09. The number of aliphatic imine (C=N–C) groups is 1. The second kappa shape index (κ2) is 9.95. The Morgan fingerprint density at radius 1 is 1.07 bits per heavy atom. The number of aromatic nitrogens is 1. The average molecular weight is 379 g/mol. The molecule has 1 unspecified atom stereocenters. The van der Waals surface area contributed by atoms with Gasteiger partial charge in [0, 0.05) is 36.2 Å². The molecule has 2 aromatic carbocycles. The van der Waals surface area contributed by atoms with Gasteiger partial charge in [0.25, 0.3) is 0 Å². The maximum Gasteiger partial charge on any atom is 0.191 e. The Morgan fingerprint density at radius 2 is 1.82 bits per heavy atom. The molecule has 1 atom stereocenters. The van der Waals surface area contributed by atoms with Crippen LogP contribution in [0.25, 0.3) is 10.9 Å². The molecule has 0 aliphatic heterocycles. The summed E-state index contributed by atoms with van der Waals surface area (Å²) in [5.41, 5.74) is 4.69. The first-order chi connectivity index (χ1) is 13.7. The van der Waals surface area contributed by atoms with Gasteiger partial charge in [0.05, 0.1) is 6.10 Å². The third kappa shape index (κ3) is 5.14. The number of fused-ring (bicyclic) bond motifs is 1. The third-order valence-electron chi connectivity index (χ3n) is 4.90. The summed E-state index contributed by atoms with van der Waals surface area (Å²) >= 11 is 0. The van der Waals surface area contributed by atoms with Crippen molar-refractivity contribution in [3.05, 3.63) is 71.4 Å². The van der Waals surface area contributed by atoms with Gasteiger partial charge in [-0.2, -0.15) is 0 Å². The first-order valence-corrected chi connectivity index (χ1v) is 10.0. The number of aromatic amines is 1. The van der Waals surface area contributed by atoms with Crippen LogP contribution >= 0.6 is 0 Å². The number of nitrogens with one attached hydrogen (secondary N) is 3. The zero-order valence-electron chi connectivity index (χ0n) is 16.7. The fraction of sp³-hybridized carbons (Fsp3) is 0.348. The van der Waals surface area contributed by atoms with E-state index >= 15 is 0 Å². The van der Waals surface area contributed by atoms with Crippen LogP contribution in [0, 0.1) is 6.92 Å². The van der Waals surface area contributed by atoms with Gasteiger partial charge in [-0.15, -0.1) is 0 Å². The molecule has 0 bridgehead atoms. The number of benzene rings is 2.